The van der Waals surface area contributed by atoms with Gasteiger partial charge in [0.25, 0.3) is 0 Å². The second-order valence-electron chi connectivity index (χ2n) is 9.50. The monoisotopic (exact) mass is 442 g/mol. The highest BCUT2D eigenvalue weighted by Gasteiger charge is 2.42. The standard InChI is InChI=1S/C25H34N2O3S/c1-21(2)18-27-19-25(20-30-23-10-6-7-11-24(23)31(27,28)29)13-16-26(17-14-25)15-12-22-8-4-3-5-9-22/h3-11,21H,12-20H2,1-2H3. The van der Waals surface area contributed by atoms with Crippen LogP contribution in [0.5, 0.6) is 5.75 Å². The average molecular weight is 443 g/mol. The molecule has 0 saturated carbocycles. The average Bonchev–Trinajstić information content (AvgIpc) is 2.77. The Morgan fingerprint density at radius 1 is 1.00 bits per heavy atom. The van der Waals surface area contributed by atoms with Crippen LogP contribution < -0.4 is 4.74 Å². The number of benzene rings is 2. The zero-order chi connectivity index (χ0) is 21.9. The smallest absolute Gasteiger partial charge is 0.246 e. The first-order chi connectivity index (χ1) is 14.9. The van der Waals surface area contributed by atoms with Crippen molar-refractivity contribution in [3.63, 3.8) is 0 Å². The molecule has 0 bridgehead atoms. The Labute approximate surface area is 187 Å². The molecule has 31 heavy (non-hydrogen) atoms. The van der Waals surface area contributed by atoms with Crippen molar-refractivity contribution < 1.29 is 13.2 Å². The third-order valence-electron chi connectivity index (χ3n) is 6.56. The van der Waals surface area contributed by atoms with Crippen molar-refractivity contribution in [3.05, 3.63) is 60.2 Å². The summed E-state index contributed by atoms with van der Waals surface area (Å²) >= 11 is 0. The van der Waals surface area contributed by atoms with Crippen molar-refractivity contribution in [1.82, 2.24) is 9.21 Å². The predicted octanol–water partition coefficient (Wildman–Crippen LogP) is 4.05. The van der Waals surface area contributed by atoms with Crippen LogP contribution in [0.15, 0.2) is 59.5 Å². The van der Waals surface area contributed by atoms with Gasteiger partial charge in [0.1, 0.15) is 10.6 Å². The number of ether oxygens (including phenoxy) is 1. The highest BCUT2D eigenvalue weighted by Crippen LogP contribution is 2.39. The molecule has 0 radical (unpaired) electrons. The third-order valence-corrected chi connectivity index (χ3v) is 8.41. The van der Waals surface area contributed by atoms with E-state index in [1.807, 2.05) is 6.07 Å². The Morgan fingerprint density at radius 2 is 1.68 bits per heavy atom. The summed E-state index contributed by atoms with van der Waals surface area (Å²) in [7, 11) is -3.58. The van der Waals surface area contributed by atoms with Crippen LogP contribution in [0.4, 0.5) is 0 Å². The first-order valence-corrected chi connectivity index (χ1v) is 12.8. The van der Waals surface area contributed by atoms with E-state index >= 15 is 0 Å². The molecule has 6 heteroatoms. The molecule has 2 aromatic rings. The molecule has 0 aliphatic carbocycles. The van der Waals surface area contributed by atoms with E-state index in [-0.39, 0.29) is 11.3 Å². The molecule has 4 rings (SSSR count). The summed E-state index contributed by atoms with van der Waals surface area (Å²) in [6, 6.07) is 17.7. The molecule has 0 aromatic heterocycles. The summed E-state index contributed by atoms with van der Waals surface area (Å²) in [5.74, 6) is 0.757. The number of nitrogens with zero attached hydrogens (tertiary/aromatic N) is 2. The summed E-state index contributed by atoms with van der Waals surface area (Å²) in [6.07, 6.45) is 2.95. The van der Waals surface area contributed by atoms with E-state index < -0.39 is 10.0 Å². The minimum Gasteiger partial charge on any atom is -0.492 e. The lowest BCUT2D eigenvalue weighted by molar-refractivity contribution is 0.0339. The maximum atomic E-state index is 13.5. The van der Waals surface area contributed by atoms with Crippen LogP contribution in [-0.2, 0) is 16.4 Å². The van der Waals surface area contributed by atoms with E-state index in [0.29, 0.717) is 30.3 Å². The third kappa shape index (κ3) is 5.13. The van der Waals surface area contributed by atoms with Gasteiger partial charge in [-0.3, -0.25) is 0 Å². The number of hydrogen-bond acceptors (Lipinski definition) is 4. The molecule has 0 atom stereocenters. The zero-order valence-electron chi connectivity index (χ0n) is 18.7. The molecule has 1 saturated heterocycles. The van der Waals surface area contributed by atoms with Crippen LogP contribution in [0.1, 0.15) is 32.3 Å². The van der Waals surface area contributed by atoms with Crippen LogP contribution in [0.2, 0.25) is 0 Å². The first kappa shape index (κ1) is 22.3. The minimum atomic E-state index is -3.58. The Kier molecular flexibility index (Phi) is 6.70. The summed E-state index contributed by atoms with van der Waals surface area (Å²) in [4.78, 5) is 2.80. The fraction of sp³-hybridized carbons (Fsp3) is 0.520. The summed E-state index contributed by atoms with van der Waals surface area (Å²) in [5.41, 5.74) is 1.22. The van der Waals surface area contributed by atoms with Crippen molar-refractivity contribution in [2.24, 2.45) is 11.3 Å². The summed E-state index contributed by atoms with van der Waals surface area (Å²) in [6.45, 7) is 8.80. The van der Waals surface area contributed by atoms with Gasteiger partial charge < -0.3 is 9.64 Å². The van der Waals surface area contributed by atoms with E-state index in [1.54, 1.807) is 22.5 Å². The lowest BCUT2D eigenvalue weighted by Crippen LogP contribution is -2.52. The molecule has 2 aliphatic heterocycles. The molecule has 1 fully saturated rings. The number of hydrogen-bond donors (Lipinski definition) is 0. The fourth-order valence-corrected chi connectivity index (χ4v) is 6.56. The van der Waals surface area contributed by atoms with Crippen LogP contribution in [0.25, 0.3) is 0 Å². The minimum absolute atomic E-state index is 0.140. The second kappa shape index (κ2) is 9.31. The van der Waals surface area contributed by atoms with Gasteiger partial charge in [-0.15, -0.1) is 0 Å². The van der Waals surface area contributed by atoms with Crippen molar-refractivity contribution in [3.8, 4) is 5.75 Å². The Balaban J connectivity index is 1.50. The largest absolute Gasteiger partial charge is 0.492 e. The lowest BCUT2D eigenvalue weighted by atomic mass is 9.78. The van der Waals surface area contributed by atoms with Crippen molar-refractivity contribution >= 4 is 10.0 Å². The van der Waals surface area contributed by atoms with Crippen molar-refractivity contribution in [1.29, 1.82) is 0 Å². The fourth-order valence-electron chi connectivity index (χ4n) is 4.71. The van der Waals surface area contributed by atoms with Gasteiger partial charge in [-0.1, -0.05) is 56.3 Å². The molecule has 0 amide bonds. The van der Waals surface area contributed by atoms with E-state index in [1.165, 1.54) is 5.56 Å². The normalized spacial score (nSPS) is 21.3. The molecule has 1 spiro atoms. The van der Waals surface area contributed by atoms with E-state index in [0.717, 1.165) is 38.9 Å². The van der Waals surface area contributed by atoms with Gasteiger partial charge in [0.15, 0.2) is 0 Å². The number of piperidine rings is 1. The highest BCUT2D eigenvalue weighted by molar-refractivity contribution is 7.89. The van der Waals surface area contributed by atoms with Gasteiger partial charge in [-0.05, 0) is 56.0 Å². The number of likely N-dealkylation sites (tertiary alicyclic amines) is 1. The Bertz CT molecular complexity index is 967. The van der Waals surface area contributed by atoms with Gasteiger partial charge >= 0.3 is 0 Å². The maximum Gasteiger partial charge on any atom is 0.246 e. The quantitative estimate of drug-likeness (QED) is 0.701. The molecule has 0 unspecified atom stereocenters. The number of para-hydroxylation sites is 1. The van der Waals surface area contributed by atoms with E-state index in [2.05, 4.69) is 49.1 Å². The molecule has 2 heterocycles. The van der Waals surface area contributed by atoms with Crippen molar-refractivity contribution in [2.45, 2.75) is 38.0 Å². The molecular formula is C25H34N2O3S. The molecular weight excluding hydrogens is 408 g/mol. The van der Waals surface area contributed by atoms with Gasteiger partial charge in [-0.25, -0.2) is 8.42 Å². The van der Waals surface area contributed by atoms with Gasteiger partial charge in [0.05, 0.1) is 6.61 Å². The van der Waals surface area contributed by atoms with Crippen LogP contribution in [0, 0.1) is 11.3 Å². The van der Waals surface area contributed by atoms with Crippen molar-refractivity contribution in [2.75, 3.05) is 39.3 Å². The number of rotatable bonds is 5. The lowest BCUT2D eigenvalue weighted by Gasteiger charge is -2.45. The maximum absolute atomic E-state index is 13.5. The van der Waals surface area contributed by atoms with Crippen LogP contribution in [0.3, 0.4) is 0 Å². The van der Waals surface area contributed by atoms with Crippen LogP contribution in [-0.4, -0.2) is 57.0 Å². The van der Waals surface area contributed by atoms with Gasteiger partial charge in [0, 0.05) is 25.0 Å². The Morgan fingerprint density at radius 3 is 2.39 bits per heavy atom. The van der Waals surface area contributed by atoms with E-state index in [9.17, 15) is 8.42 Å². The topological polar surface area (TPSA) is 49.9 Å². The molecule has 168 valence electrons. The van der Waals surface area contributed by atoms with Crippen LogP contribution >= 0.6 is 0 Å². The highest BCUT2D eigenvalue weighted by atomic mass is 32.2. The number of fused-ring (bicyclic) bond motifs is 1. The first-order valence-electron chi connectivity index (χ1n) is 11.4. The molecule has 2 aliphatic rings. The van der Waals surface area contributed by atoms with Gasteiger partial charge in [-0.2, -0.15) is 4.31 Å². The zero-order valence-corrected chi connectivity index (χ0v) is 19.5. The van der Waals surface area contributed by atoms with E-state index in [4.69, 9.17) is 4.74 Å². The predicted molar refractivity (Wildman–Crippen MR) is 124 cm³/mol. The number of sulfonamides is 1. The SMILES string of the molecule is CC(C)CN1CC2(CCN(CCc3ccccc3)CC2)COc2ccccc2S1(=O)=O. The summed E-state index contributed by atoms with van der Waals surface area (Å²) < 4.78 is 34.9. The van der Waals surface area contributed by atoms with Gasteiger partial charge in [0.2, 0.25) is 10.0 Å². The molecule has 5 nitrogen and oxygen atoms in total. The molecule has 2 aromatic carbocycles. The Hall–Kier alpha value is -1.89. The second-order valence-corrected chi connectivity index (χ2v) is 11.4. The summed E-state index contributed by atoms with van der Waals surface area (Å²) in [5, 5.41) is 0. The molecule has 0 N–H and O–H groups in total.